The molecule has 0 aliphatic heterocycles. The normalized spacial score (nSPS) is 12.2. The first-order chi connectivity index (χ1) is 11.7. The Kier molecular flexibility index (Phi) is 6.46. The number of nitrogens with zero attached hydrogens (tertiary/aromatic N) is 1. The molecule has 134 valence electrons. The SMILES string of the molecule is C=C(N)c1c(-c2ccc(Cl)c(Cl)c2)[nH]c(NC(CO)C(C)C)nc1=S. The molecule has 0 saturated heterocycles. The summed E-state index contributed by atoms with van der Waals surface area (Å²) in [5, 5.41) is 13.5. The van der Waals surface area contributed by atoms with Crippen LogP contribution in [0.1, 0.15) is 19.4 Å². The minimum absolute atomic E-state index is 0.0343. The molecule has 0 saturated carbocycles. The summed E-state index contributed by atoms with van der Waals surface area (Å²) in [7, 11) is 0. The standard InChI is InChI=1S/C17H20Cl2N4OS/c1-8(2)13(7-24)21-17-22-15(14(9(3)20)16(25)23-17)10-4-5-11(18)12(19)6-10/h4-6,8,13,24H,3,7,20H2,1-2H3,(H2,21,22,23,25). The zero-order valence-electron chi connectivity index (χ0n) is 13.9. The van der Waals surface area contributed by atoms with Crippen molar-refractivity contribution in [1.82, 2.24) is 9.97 Å². The third-order valence-corrected chi connectivity index (χ3v) is 4.81. The molecule has 1 atom stereocenters. The van der Waals surface area contributed by atoms with Gasteiger partial charge in [0, 0.05) is 11.3 Å². The molecule has 0 radical (unpaired) electrons. The molecule has 0 fully saturated rings. The fourth-order valence-electron chi connectivity index (χ4n) is 2.31. The Hall–Kier alpha value is -1.60. The van der Waals surface area contributed by atoms with Crippen LogP contribution in [0.3, 0.4) is 0 Å². The van der Waals surface area contributed by atoms with Crippen LogP contribution in [0.15, 0.2) is 24.8 Å². The molecule has 2 rings (SSSR count). The minimum Gasteiger partial charge on any atom is -0.399 e. The van der Waals surface area contributed by atoms with Crippen LogP contribution in [-0.4, -0.2) is 27.7 Å². The molecule has 5 N–H and O–H groups in total. The van der Waals surface area contributed by atoms with E-state index in [9.17, 15) is 5.11 Å². The molecule has 8 heteroatoms. The summed E-state index contributed by atoms with van der Waals surface area (Å²) < 4.78 is 0.301. The number of nitrogens with one attached hydrogen (secondary N) is 2. The number of anilines is 1. The van der Waals surface area contributed by atoms with Gasteiger partial charge in [-0.15, -0.1) is 0 Å². The quantitative estimate of drug-likeness (QED) is 0.539. The molecule has 1 aromatic carbocycles. The third-order valence-electron chi connectivity index (χ3n) is 3.77. The zero-order valence-corrected chi connectivity index (χ0v) is 16.3. The van der Waals surface area contributed by atoms with Crippen molar-refractivity contribution in [3.63, 3.8) is 0 Å². The molecule has 0 aliphatic rings. The van der Waals surface area contributed by atoms with Crippen molar-refractivity contribution in [2.75, 3.05) is 11.9 Å². The first kappa shape index (κ1) is 19.7. The van der Waals surface area contributed by atoms with E-state index in [-0.39, 0.29) is 18.6 Å². The molecule has 25 heavy (non-hydrogen) atoms. The van der Waals surface area contributed by atoms with Gasteiger partial charge in [0.05, 0.1) is 34.0 Å². The second kappa shape index (κ2) is 8.19. The number of aromatic nitrogens is 2. The van der Waals surface area contributed by atoms with Crippen LogP contribution >= 0.6 is 35.4 Å². The number of benzene rings is 1. The second-order valence-electron chi connectivity index (χ2n) is 5.97. The van der Waals surface area contributed by atoms with Crippen molar-refractivity contribution in [3.8, 4) is 11.3 Å². The lowest BCUT2D eigenvalue weighted by atomic mass is 10.0. The van der Waals surface area contributed by atoms with Gasteiger partial charge in [-0.25, -0.2) is 4.98 Å². The minimum atomic E-state index is -0.174. The van der Waals surface area contributed by atoms with Crippen molar-refractivity contribution in [2.45, 2.75) is 19.9 Å². The number of hydrogen-bond acceptors (Lipinski definition) is 5. The molecule has 1 aromatic heterocycles. The largest absolute Gasteiger partial charge is 0.399 e. The van der Waals surface area contributed by atoms with Gasteiger partial charge in [0.2, 0.25) is 5.95 Å². The van der Waals surface area contributed by atoms with Crippen LogP contribution in [0.5, 0.6) is 0 Å². The Labute approximate surface area is 161 Å². The number of aliphatic hydroxyl groups is 1. The number of nitrogens with two attached hydrogens (primary N) is 1. The summed E-state index contributed by atoms with van der Waals surface area (Å²) in [6, 6.07) is 5.04. The van der Waals surface area contributed by atoms with E-state index in [2.05, 4.69) is 21.9 Å². The number of aliphatic hydroxyl groups excluding tert-OH is 1. The Morgan fingerprint density at radius 1 is 1.40 bits per heavy atom. The van der Waals surface area contributed by atoms with Gasteiger partial charge in [0.25, 0.3) is 0 Å². The van der Waals surface area contributed by atoms with E-state index < -0.39 is 0 Å². The number of aromatic amines is 1. The van der Waals surface area contributed by atoms with Gasteiger partial charge in [-0.1, -0.05) is 61.9 Å². The number of halogens is 2. The molecule has 0 amide bonds. The van der Waals surface area contributed by atoms with Crippen molar-refractivity contribution in [3.05, 3.63) is 45.0 Å². The maximum absolute atomic E-state index is 9.53. The fourth-order valence-corrected chi connectivity index (χ4v) is 2.93. The smallest absolute Gasteiger partial charge is 0.202 e. The van der Waals surface area contributed by atoms with Crippen molar-refractivity contribution >= 4 is 47.1 Å². The predicted octanol–water partition coefficient (Wildman–Crippen LogP) is 4.47. The van der Waals surface area contributed by atoms with Gasteiger partial charge in [-0.3, -0.25) is 0 Å². The van der Waals surface area contributed by atoms with Gasteiger partial charge in [0.15, 0.2) is 0 Å². The molecule has 1 unspecified atom stereocenters. The van der Waals surface area contributed by atoms with Crippen LogP contribution < -0.4 is 11.1 Å². The highest BCUT2D eigenvalue weighted by atomic mass is 35.5. The van der Waals surface area contributed by atoms with Crippen LogP contribution in [0.4, 0.5) is 5.95 Å². The number of hydrogen-bond donors (Lipinski definition) is 4. The summed E-state index contributed by atoms with van der Waals surface area (Å²) >= 11 is 17.5. The average molecular weight is 399 g/mol. The first-order valence-electron chi connectivity index (χ1n) is 7.66. The average Bonchev–Trinajstić information content (AvgIpc) is 2.53. The van der Waals surface area contributed by atoms with Crippen LogP contribution in [0, 0.1) is 10.6 Å². The van der Waals surface area contributed by atoms with E-state index in [1.165, 1.54) is 0 Å². The molecule has 0 spiro atoms. The molecule has 2 aromatic rings. The van der Waals surface area contributed by atoms with E-state index in [4.69, 9.17) is 41.2 Å². The summed E-state index contributed by atoms with van der Waals surface area (Å²) in [5.74, 6) is 0.634. The highest BCUT2D eigenvalue weighted by molar-refractivity contribution is 7.71. The van der Waals surface area contributed by atoms with E-state index in [0.717, 1.165) is 5.56 Å². The Morgan fingerprint density at radius 3 is 2.60 bits per heavy atom. The third kappa shape index (κ3) is 4.52. The monoisotopic (exact) mass is 398 g/mol. The fraction of sp³-hybridized carbons (Fsp3) is 0.294. The van der Waals surface area contributed by atoms with E-state index in [1.54, 1.807) is 18.2 Å². The topological polar surface area (TPSA) is 87.0 Å². The Bertz CT molecular complexity index is 851. The summed E-state index contributed by atoms with van der Waals surface area (Å²) in [5.41, 5.74) is 8.11. The van der Waals surface area contributed by atoms with Crippen LogP contribution in [0.2, 0.25) is 10.0 Å². The highest BCUT2D eigenvalue weighted by Crippen LogP contribution is 2.31. The lowest BCUT2D eigenvalue weighted by molar-refractivity contribution is 0.248. The van der Waals surface area contributed by atoms with E-state index in [0.29, 0.717) is 37.6 Å². The van der Waals surface area contributed by atoms with Crippen molar-refractivity contribution in [1.29, 1.82) is 0 Å². The second-order valence-corrected chi connectivity index (χ2v) is 7.17. The van der Waals surface area contributed by atoms with Gasteiger partial charge in [0.1, 0.15) is 4.64 Å². The molecule has 5 nitrogen and oxygen atoms in total. The van der Waals surface area contributed by atoms with Gasteiger partial charge in [-0.2, -0.15) is 0 Å². The lowest BCUT2D eigenvalue weighted by Crippen LogP contribution is -2.30. The lowest BCUT2D eigenvalue weighted by Gasteiger charge is -2.21. The Morgan fingerprint density at radius 2 is 2.08 bits per heavy atom. The highest BCUT2D eigenvalue weighted by Gasteiger charge is 2.17. The zero-order chi connectivity index (χ0) is 18.7. The number of rotatable bonds is 6. The van der Waals surface area contributed by atoms with E-state index in [1.807, 2.05) is 13.8 Å². The summed E-state index contributed by atoms with van der Waals surface area (Å²) in [6.07, 6.45) is 0. The molecule has 0 bridgehead atoms. The molecular formula is C17H20Cl2N4OS. The van der Waals surface area contributed by atoms with E-state index >= 15 is 0 Å². The van der Waals surface area contributed by atoms with Crippen LogP contribution in [-0.2, 0) is 0 Å². The maximum atomic E-state index is 9.53. The number of H-pyrrole nitrogens is 1. The molecule has 1 heterocycles. The Balaban J connectivity index is 2.61. The van der Waals surface area contributed by atoms with Crippen molar-refractivity contribution in [2.24, 2.45) is 11.7 Å². The van der Waals surface area contributed by atoms with Crippen molar-refractivity contribution < 1.29 is 5.11 Å². The summed E-state index contributed by atoms with van der Waals surface area (Å²) in [4.78, 5) is 7.50. The maximum Gasteiger partial charge on any atom is 0.202 e. The predicted molar refractivity (Wildman–Crippen MR) is 107 cm³/mol. The van der Waals surface area contributed by atoms with Gasteiger partial charge in [-0.05, 0) is 18.1 Å². The molecular weight excluding hydrogens is 379 g/mol. The first-order valence-corrected chi connectivity index (χ1v) is 8.82. The van der Waals surface area contributed by atoms with Gasteiger partial charge >= 0.3 is 0 Å². The van der Waals surface area contributed by atoms with Gasteiger partial charge < -0.3 is 21.1 Å². The van der Waals surface area contributed by atoms with Crippen LogP contribution in [0.25, 0.3) is 17.0 Å². The molecule has 0 aliphatic carbocycles. The summed E-state index contributed by atoms with van der Waals surface area (Å²) in [6.45, 7) is 7.74.